The second-order valence-corrected chi connectivity index (χ2v) is 7.03. The Bertz CT molecular complexity index is 870. The summed E-state index contributed by atoms with van der Waals surface area (Å²) in [7, 11) is 0. The van der Waals surface area contributed by atoms with Gasteiger partial charge in [-0.2, -0.15) is 5.10 Å². The molecule has 0 aliphatic heterocycles. The molecule has 1 N–H and O–H groups in total. The number of nitrogens with one attached hydrogen (secondary N) is 1. The van der Waals surface area contributed by atoms with Crippen molar-refractivity contribution >= 4 is 49.0 Å². The van der Waals surface area contributed by atoms with Crippen LogP contribution >= 0.6 is 27.3 Å². The van der Waals surface area contributed by atoms with E-state index in [4.69, 9.17) is 0 Å². The van der Waals surface area contributed by atoms with E-state index in [-0.39, 0.29) is 0 Å². The summed E-state index contributed by atoms with van der Waals surface area (Å²) in [5.74, 6) is 0.748. The van der Waals surface area contributed by atoms with Gasteiger partial charge in [0.05, 0.1) is 11.1 Å². The predicted molar refractivity (Wildman–Crippen MR) is 96.9 cm³/mol. The van der Waals surface area contributed by atoms with Gasteiger partial charge in [0.2, 0.25) is 0 Å². The predicted octanol–water partition coefficient (Wildman–Crippen LogP) is 4.91. The Labute approximate surface area is 141 Å². The van der Waals surface area contributed by atoms with E-state index in [2.05, 4.69) is 50.3 Å². The van der Waals surface area contributed by atoms with E-state index >= 15 is 0 Å². The first-order valence-corrected chi connectivity index (χ1v) is 8.44. The molecule has 0 radical (unpaired) electrons. The van der Waals surface area contributed by atoms with Crippen molar-refractivity contribution in [2.45, 2.75) is 20.8 Å². The largest absolute Gasteiger partial charge is 0.260 e. The van der Waals surface area contributed by atoms with Gasteiger partial charge in [0, 0.05) is 14.9 Å². The van der Waals surface area contributed by atoms with Gasteiger partial charge in [0.25, 0.3) is 0 Å². The third-order valence-corrected chi connectivity index (χ3v) is 5.37. The summed E-state index contributed by atoms with van der Waals surface area (Å²) in [5.41, 5.74) is 6.24. The van der Waals surface area contributed by atoms with Gasteiger partial charge in [0.15, 0.2) is 5.82 Å². The van der Waals surface area contributed by atoms with Crippen LogP contribution in [0.1, 0.15) is 22.9 Å². The van der Waals surface area contributed by atoms with Crippen LogP contribution in [-0.2, 0) is 0 Å². The van der Waals surface area contributed by atoms with Crippen molar-refractivity contribution < 1.29 is 0 Å². The van der Waals surface area contributed by atoms with E-state index in [0.717, 1.165) is 31.8 Å². The lowest BCUT2D eigenvalue weighted by Gasteiger charge is -2.06. The van der Waals surface area contributed by atoms with Gasteiger partial charge in [-0.15, -0.1) is 11.3 Å². The number of hydrazone groups is 1. The van der Waals surface area contributed by atoms with Crippen LogP contribution in [0.5, 0.6) is 0 Å². The van der Waals surface area contributed by atoms with E-state index in [1.54, 1.807) is 17.7 Å². The second-order valence-electron chi connectivity index (χ2n) is 4.97. The minimum absolute atomic E-state index is 0.748. The minimum Gasteiger partial charge on any atom is -0.260 e. The van der Waals surface area contributed by atoms with E-state index in [0.29, 0.717) is 0 Å². The zero-order valence-corrected chi connectivity index (χ0v) is 14.9. The fourth-order valence-corrected chi connectivity index (χ4v) is 3.79. The Morgan fingerprint density at radius 3 is 2.77 bits per heavy atom. The van der Waals surface area contributed by atoms with Crippen LogP contribution in [0, 0.1) is 13.8 Å². The molecule has 0 fully saturated rings. The highest BCUT2D eigenvalue weighted by Gasteiger charge is 2.11. The molecule has 3 aromatic rings. The molecule has 1 aromatic carbocycles. The standard InChI is InChI=1S/C16H15BrN4S/c1-9-11(3)22-16-14(9)15(18-8-19-16)21-20-10(2)12-6-4-5-7-13(12)17/h4-8H,1-3H3,(H,18,19,21)/b20-10+. The third kappa shape index (κ3) is 2.76. The average molecular weight is 375 g/mol. The maximum atomic E-state index is 4.48. The number of fused-ring (bicyclic) bond motifs is 1. The Hall–Kier alpha value is -1.79. The summed E-state index contributed by atoms with van der Waals surface area (Å²) >= 11 is 5.22. The SMILES string of the molecule is C/C(=N\Nc1ncnc2sc(C)c(C)c12)c1ccccc1Br. The Balaban J connectivity index is 1.97. The van der Waals surface area contributed by atoms with Crippen molar-refractivity contribution in [3.8, 4) is 0 Å². The number of benzene rings is 1. The van der Waals surface area contributed by atoms with Crippen molar-refractivity contribution in [3.05, 3.63) is 51.1 Å². The van der Waals surface area contributed by atoms with Crippen molar-refractivity contribution in [1.29, 1.82) is 0 Å². The first-order chi connectivity index (χ1) is 10.6. The van der Waals surface area contributed by atoms with E-state index < -0.39 is 0 Å². The van der Waals surface area contributed by atoms with E-state index in [9.17, 15) is 0 Å². The molecule has 112 valence electrons. The van der Waals surface area contributed by atoms with Gasteiger partial charge >= 0.3 is 0 Å². The molecular formula is C16H15BrN4S. The van der Waals surface area contributed by atoms with Gasteiger partial charge in [-0.05, 0) is 32.4 Å². The number of rotatable bonds is 3. The second kappa shape index (κ2) is 6.14. The lowest BCUT2D eigenvalue weighted by atomic mass is 10.1. The Kier molecular flexibility index (Phi) is 4.22. The summed E-state index contributed by atoms with van der Waals surface area (Å²) in [6, 6.07) is 8.01. The Morgan fingerprint density at radius 1 is 1.23 bits per heavy atom. The van der Waals surface area contributed by atoms with Crippen molar-refractivity contribution in [2.24, 2.45) is 5.10 Å². The normalized spacial score (nSPS) is 11.9. The monoisotopic (exact) mass is 374 g/mol. The van der Waals surface area contributed by atoms with E-state index in [1.165, 1.54) is 10.4 Å². The van der Waals surface area contributed by atoms with Crippen molar-refractivity contribution in [3.63, 3.8) is 0 Å². The molecule has 0 aliphatic rings. The van der Waals surface area contributed by atoms with Crippen molar-refractivity contribution in [1.82, 2.24) is 9.97 Å². The van der Waals surface area contributed by atoms with Crippen LogP contribution in [0.25, 0.3) is 10.2 Å². The fourth-order valence-electron chi connectivity index (χ4n) is 2.22. The molecular weight excluding hydrogens is 360 g/mol. The van der Waals surface area contributed by atoms with Gasteiger partial charge in [-0.1, -0.05) is 34.1 Å². The summed E-state index contributed by atoms with van der Waals surface area (Å²) in [6.45, 7) is 6.16. The average Bonchev–Trinajstić information content (AvgIpc) is 2.81. The highest BCUT2D eigenvalue weighted by Crippen LogP contribution is 2.32. The van der Waals surface area contributed by atoms with Crippen LogP contribution in [0.15, 0.2) is 40.2 Å². The molecule has 4 nitrogen and oxygen atoms in total. The summed E-state index contributed by atoms with van der Waals surface area (Å²) in [5, 5.41) is 5.53. The van der Waals surface area contributed by atoms with Crippen LogP contribution in [0.4, 0.5) is 5.82 Å². The number of hydrogen-bond acceptors (Lipinski definition) is 5. The highest BCUT2D eigenvalue weighted by molar-refractivity contribution is 9.10. The molecule has 0 unspecified atom stereocenters. The molecule has 0 saturated carbocycles. The summed E-state index contributed by atoms with van der Waals surface area (Å²) < 4.78 is 1.02. The lowest BCUT2D eigenvalue weighted by Crippen LogP contribution is -2.02. The molecule has 0 atom stereocenters. The van der Waals surface area contributed by atoms with Crippen LogP contribution in [-0.4, -0.2) is 15.7 Å². The number of thiophene rings is 1. The van der Waals surface area contributed by atoms with Crippen LogP contribution in [0.2, 0.25) is 0 Å². The molecule has 6 heteroatoms. The highest BCUT2D eigenvalue weighted by atomic mass is 79.9. The molecule has 3 rings (SSSR count). The molecule has 22 heavy (non-hydrogen) atoms. The number of aryl methyl sites for hydroxylation is 2. The third-order valence-electron chi connectivity index (χ3n) is 3.56. The number of aromatic nitrogens is 2. The van der Waals surface area contributed by atoms with Crippen LogP contribution < -0.4 is 5.43 Å². The van der Waals surface area contributed by atoms with Gasteiger partial charge in [-0.3, -0.25) is 5.43 Å². The molecule has 0 saturated heterocycles. The maximum absolute atomic E-state index is 4.48. The van der Waals surface area contributed by atoms with Gasteiger partial charge in [-0.25, -0.2) is 9.97 Å². The summed E-state index contributed by atoms with van der Waals surface area (Å²) in [6.07, 6.45) is 1.57. The van der Waals surface area contributed by atoms with E-state index in [1.807, 2.05) is 31.2 Å². The van der Waals surface area contributed by atoms with Gasteiger partial charge < -0.3 is 0 Å². The minimum atomic E-state index is 0.748. The summed E-state index contributed by atoms with van der Waals surface area (Å²) in [4.78, 5) is 10.9. The van der Waals surface area contributed by atoms with Crippen LogP contribution in [0.3, 0.4) is 0 Å². The smallest absolute Gasteiger partial charge is 0.158 e. The fraction of sp³-hybridized carbons (Fsp3) is 0.188. The zero-order valence-electron chi connectivity index (χ0n) is 12.5. The quantitative estimate of drug-likeness (QED) is 0.523. The zero-order chi connectivity index (χ0) is 15.7. The molecule has 0 bridgehead atoms. The van der Waals surface area contributed by atoms with Gasteiger partial charge in [0.1, 0.15) is 11.2 Å². The maximum Gasteiger partial charge on any atom is 0.158 e. The molecule has 0 spiro atoms. The topological polar surface area (TPSA) is 50.2 Å². The Morgan fingerprint density at radius 2 is 2.00 bits per heavy atom. The lowest BCUT2D eigenvalue weighted by molar-refractivity contribution is 1.18. The number of halogens is 1. The first kappa shape index (κ1) is 15.1. The molecule has 0 amide bonds. The molecule has 0 aliphatic carbocycles. The molecule has 2 aromatic heterocycles. The van der Waals surface area contributed by atoms with Crippen molar-refractivity contribution in [2.75, 3.05) is 5.43 Å². The molecule has 2 heterocycles. The first-order valence-electron chi connectivity index (χ1n) is 6.84. The number of anilines is 1. The number of nitrogens with zero attached hydrogens (tertiary/aromatic N) is 3. The number of hydrogen-bond donors (Lipinski definition) is 1.